The number of hydrogen-bond acceptors (Lipinski definition) is 2. The van der Waals surface area contributed by atoms with Gasteiger partial charge in [0.05, 0.1) is 0 Å². The number of allylic oxidation sites excluding steroid dienone is 2. The van der Waals surface area contributed by atoms with Crippen molar-refractivity contribution in [2.24, 2.45) is 50.7 Å². The molecule has 0 radical (unpaired) electrons. The van der Waals surface area contributed by atoms with E-state index in [1.165, 1.54) is 51.4 Å². The number of aldehydes is 1. The van der Waals surface area contributed by atoms with Crippen molar-refractivity contribution >= 4 is 12.1 Å². The molecule has 2 heteroatoms. The first-order chi connectivity index (χ1) is 13.6. The van der Waals surface area contributed by atoms with Crippen molar-refractivity contribution in [3.05, 3.63) is 12.2 Å². The highest BCUT2D eigenvalue weighted by Crippen LogP contribution is 2.88. The molecule has 2 nitrogen and oxygen atoms in total. The molecule has 1 unspecified atom stereocenters. The molecule has 0 aromatic carbocycles. The van der Waals surface area contributed by atoms with Gasteiger partial charge in [0.25, 0.3) is 0 Å². The van der Waals surface area contributed by atoms with E-state index in [-0.39, 0.29) is 5.41 Å². The fourth-order valence-electron chi connectivity index (χ4n) is 10.4. The van der Waals surface area contributed by atoms with Crippen molar-refractivity contribution in [2.75, 3.05) is 0 Å². The number of Topliss-reactive ketones (excluding diaryl/α,β-unsaturated/α-hetero) is 1. The Bertz CT molecular complexity index is 779. The Labute approximate surface area is 177 Å². The van der Waals surface area contributed by atoms with E-state index in [1.54, 1.807) is 6.08 Å². The minimum atomic E-state index is -0.110. The molecule has 5 saturated carbocycles. The normalized spacial score (nSPS) is 53.6. The predicted octanol–water partition coefficient (Wildman–Crippen LogP) is 6.39. The standard InChI is InChI=1S/C27H40O2/c1-18(7-6-16-28)19-10-12-25(5)21-9-8-20-23(2,3)22(29)11-13-26(20)17-27(21,26)15-14-24(19,25)4/h6-7,16,18-21H,8-15,17H2,1-5H3/b7-6+/t18-,19-,20?,21+,24-,25+,26-,27+/m1/s1. The molecule has 5 aliphatic carbocycles. The van der Waals surface area contributed by atoms with Gasteiger partial charge in [-0.05, 0) is 103 Å². The predicted molar refractivity (Wildman–Crippen MR) is 116 cm³/mol. The maximum Gasteiger partial charge on any atom is 0.142 e. The highest BCUT2D eigenvalue weighted by Gasteiger charge is 2.82. The minimum Gasteiger partial charge on any atom is -0.299 e. The smallest absolute Gasteiger partial charge is 0.142 e. The maximum absolute atomic E-state index is 12.8. The third-order valence-corrected chi connectivity index (χ3v) is 12.0. The summed E-state index contributed by atoms with van der Waals surface area (Å²) in [6, 6.07) is 0. The topological polar surface area (TPSA) is 34.1 Å². The minimum absolute atomic E-state index is 0.110. The van der Waals surface area contributed by atoms with Crippen molar-refractivity contribution in [2.45, 2.75) is 92.4 Å². The Hall–Kier alpha value is -0.920. The van der Waals surface area contributed by atoms with E-state index in [1.807, 2.05) is 0 Å². The van der Waals surface area contributed by atoms with Crippen LogP contribution in [0.2, 0.25) is 0 Å². The molecule has 29 heavy (non-hydrogen) atoms. The number of ketones is 1. The molecule has 5 fully saturated rings. The maximum atomic E-state index is 12.8. The van der Waals surface area contributed by atoms with Gasteiger partial charge in [-0.1, -0.05) is 40.7 Å². The van der Waals surface area contributed by atoms with Gasteiger partial charge in [-0.2, -0.15) is 0 Å². The van der Waals surface area contributed by atoms with Crippen molar-refractivity contribution < 1.29 is 9.59 Å². The second kappa shape index (κ2) is 5.86. The van der Waals surface area contributed by atoms with Crippen LogP contribution in [0, 0.1) is 50.7 Å². The van der Waals surface area contributed by atoms with Crippen LogP contribution in [0.15, 0.2) is 12.2 Å². The third-order valence-electron chi connectivity index (χ3n) is 12.0. The Kier molecular flexibility index (Phi) is 4.04. The zero-order valence-electron chi connectivity index (χ0n) is 19.2. The lowest BCUT2D eigenvalue weighted by atomic mass is 9.42. The number of carbonyl (C=O) groups excluding carboxylic acids is 2. The van der Waals surface area contributed by atoms with E-state index in [4.69, 9.17) is 0 Å². The average molecular weight is 397 g/mol. The van der Waals surface area contributed by atoms with Gasteiger partial charge in [0, 0.05) is 11.8 Å². The van der Waals surface area contributed by atoms with E-state index in [2.05, 4.69) is 40.7 Å². The second-order valence-electron chi connectivity index (χ2n) is 12.7. The van der Waals surface area contributed by atoms with Gasteiger partial charge in [0.1, 0.15) is 12.1 Å². The molecule has 2 spiro atoms. The quantitative estimate of drug-likeness (QED) is 0.409. The lowest BCUT2D eigenvalue weighted by Crippen LogP contribution is -2.57. The molecule has 0 bridgehead atoms. The summed E-state index contributed by atoms with van der Waals surface area (Å²) in [4.78, 5) is 23.6. The van der Waals surface area contributed by atoms with Gasteiger partial charge in [-0.3, -0.25) is 9.59 Å². The molecule has 0 aliphatic heterocycles. The van der Waals surface area contributed by atoms with Crippen LogP contribution in [-0.2, 0) is 9.59 Å². The Morgan fingerprint density at radius 1 is 0.897 bits per heavy atom. The molecular formula is C27H40O2. The number of rotatable bonds is 3. The molecule has 0 aromatic heterocycles. The zero-order chi connectivity index (χ0) is 20.9. The Morgan fingerprint density at radius 3 is 2.31 bits per heavy atom. The third kappa shape index (κ3) is 2.15. The van der Waals surface area contributed by atoms with E-state index >= 15 is 0 Å². The summed E-state index contributed by atoms with van der Waals surface area (Å²) in [6.45, 7) is 12.1. The summed E-state index contributed by atoms with van der Waals surface area (Å²) in [5.74, 6) is 3.15. The van der Waals surface area contributed by atoms with Crippen LogP contribution in [-0.4, -0.2) is 12.1 Å². The van der Waals surface area contributed by atoms with Gasteiger partial charge >= 0.3 is 0 Å². The summed E-state index contributed by atoms with van der Waals surface area (Å²) in [7, 11) is 0. The van der Waals surface area contributed by atoms with Crippen LogP contribution in [0.5, 0.6) is 0 Å². The van der Waals surface area contributed by atoms with Crippen LogP contribution in [0.1, 0.15) is 92.4 Å². The van der Waals surface area contributed by atoms with Gasteiger partial charge in [-0.25, -0.2) is 0 Å². The summed E-state index contributed by atoms with van der Waals surface area (Å²) in [5.41, 5.74) is 1.68. The molecular weight excluding hydrogens is 356 g/mol. The monoisotopic (exact) mass is 396 g/mol. The van der Waals surface area contributed by atoms with Gasteiger partial charge in [-0.15, -0.1) is 0 Å². The fourth-order valence-corrected chi connectivity index (χ4v) is 10.4. The van der Waals surface area contributed by atoms with Crippen molar-refractivity contribution in [3.8, 4) is 0 Å². The molecule has 5 aliphatic rings. The molecule has 5 rings (SSSR count). The van der Waals surface area contributed by atoms with Crippen LogP contribution in [0.25, 0.3) is 0 Å². The van der Waals surface area contributed by atoms with Crippen LogP contribution >= 0.6 is 0 Å². The summed E-state index contributed by atoms with van der Waals surface area (Å²) in [5, 5.41) is 0. The molecule has 0 N–H and O–H groups in total. The zero-order valence-corrected chi connectivity index (χ0v) is 19.2. The Morgan fingerprint density at radius 2 is 1.59 bits per heavy atom. The SMILES string of the molecule is C[C@H](/C=C/C=O)[C@H]1CC[C@@]2(C)[C@@H]3CCC4C(C)(C)C(=O)CC[C@@]45C[C@@]35CC[C@]12C. The van der Waals surface area contributed by atoms with E-state index in [0.717, 1.165) is 18.6 Å². The number of carbonyl (C=O) groups is 2. The highest BCUT2D eigenvalue weighted by molar-refractivity contribution is 5.86. The number of fused-ring (bicyclic) bond motifs is 2. The lowest BCUT2D eigenvalue weighted by Gasteiger charge is -2.62. The van der Waals surface area contributed by atoms with E-state index in [0.29, 0.717) is 45.2 Å². The van der Waals surface area contributed by atoms with Crippen molar-refractivity contribution in [1.29, 1.82) is 0 Å². The number of hydrogen-bond donors (Lipinski definition) is 0. The molecule has 0 saturated heterocycles. The molecule has 8 atom stereocenters. The molecule has 0 amide bonds. The van der Waals surface area contributed by atoms with Crippen molar-refractivity contribution in [3.63, 3.8) is 0 Å². The Balaban J connectivity index is 1.49. The lowest BCUT2D eigenvalue weighted by molar-refractivity contribution is -0.156. The fraction of sp³-hybridized carbons (Fsp3) is 0.852. The first-order valence-electron chi connectivity index (χ1n) is 12.2. The van der Waals surface area contributed by atoms with Crippen LogP contribution in [0.4, 0.5) is 0 Å². The van der Waals surface area contributed by atoms with Crippen LogP contribution < -0.4 is 0 Å². The van der Waals surface area contributed by atoms with E-state index in [9.17, 15) is 9.59 Å². The first kappa shape index (κ1) is 20.0. The summed E-state index contributed by atoms with van der Waals surface area (Å²) in [6.07, 6.45) is 16.2. The second-order valence-corrected chi connectivity index (χ2v) is 12.7. The first-order valence-corrected chi connectivity index (χ1v) is 12.2. The summed E-state index contributed by atoms with van der Waals surface area (Å²) >= 11 is 0. The van der Waals surface area contributed by atoms with Crippen LogP contribution in [0.3, 0.4) is 0 Å². The largest absolute Gasteiger partial charge is 0.299 e. The molecule has 160 valence electrons. The van der Waals surface area contributed by atoms with Crippen molar-refractivity contribution in [1.82, 2.24) is 0 Å². The van der Waals surface area contributed by atoms with Gasteiger partial charge < -0.3 is 0 Å². The average Bonchev–Trinajstić information content (AvgIpc) is 3.26. The highest BCUT2D eigenvalue weighted by atomic mass is 16.1. The summed E-state index contributed by atoms with van der Waals surface area (Å²) < 4.78 is 0. The molecule has 0 heterocycles. The van der Waals surface area contributed by atoms with Gasteiger partial charge in [0.15, 0.2) is 0 Å². The molecule has 0 aromatic rings. The van der Waals surface area contributed by atoms with Gasteiger partial charge in [0.2, 0.25) is 0 Å². The van der Waals surface area contributed by atoms with E-state index < -0.39 is 0 Å².